The Kier molecular flexibility index (Phi) is 5.11. The van der Waals surface area contributed by atoms with Gasteiger partial charge in [-0.3, -0.25) is 9.78 Å². The third kappa shape index (κ3) is 3.57. The molecule has 5 nitrogen and oxygen atoms in total. The van der Waals surface area contributed by atoms with Crippen LogP contribution in [-0.4, -0.2) is 31.8 Å². The first kappa shape index (κ1) is 15.2. The minimum atomic E-state index is -4.57. The number of hydrogen-bond acceptors (Lipinski definition) is 4. The Bertz CT molecular complexity index is 438. The van der Waals surface area contributed by atoms with Crippen LogP contribution >= 0.6 is 0 Å². The average molecular weight is 278 g/mol. The lowest BCUT2D eigenvalue weighted by Gasteiger charge is -2.22. The van der Waals surface area contributed by atoms with Gasteiger partial charge < -0.3 is 14.8 Å². The number of carbonyl (C=O) groups is 1. The molecule has 1 N–H and O–H groups in total. The maximum absolute atomic E-state index is 12.8. The van der Waals surface area contributed by atoms with Gasteiger partial charge in [0.25, 0.3) is 0 Å². The Morgan fingerprint density at radius 3 is 2.63 bits per heavy atom. The van der Waals surface area contributed by atoms with Gasteiger partial charge in [-0.05, 0) is 6.07 Å². The fraction of sp³-hybridized carbons (Fsp3) is 0.455. The van der Waals surface area contributed by atoms with Crippen molar-refractivity contribution in [3.63, 3.8) is 0 Å². The molecule has 0 saturated carbocycles. The van der Waals surface area contributed by atoms with Gasteiger partial charge in [-0.1, -0.05) is 0 Å². The van der Waals surface area contributed by atoms with Crippen LogP contribution in [0.1, 0.15) is 17.4 Å². The fourth-order valence-electron chi connectivity index (χ4n) is 1.65. The number of methoxy groups -OCH3 is 2. The molecule has 0 radical (unpaired) electrons. The van der Waals surface area contributed by atoms with Crippen molar-refractivity contribution in [3.8, 4) is 5.75 Å². The number of aromatic nitrogens is 1. The van der Waals surface area contributed by atoms with Gasteiger partial charge in [0.15, 0.2) is 6.10 Å². The normalized spacial score (nSPS) is 12.9. The Balaban J connectivity index is 3.22. The van der Waals surface area contributed by atoms with Crippen LogP contribution in [0.2, 0.25) is 0 Å². The summed E-state index contributed by atoms with van der Waals surface area (Å²) in [6, 6.07) is 1.17. The second-order valence-electron chi connectivity index (χ2n) is 3.54. The van der Waals surface area contributed by atoms with Crippen molar-refractivity contribution in [2.75, 3.05) is 14.2 Å². The topological polar surface area (TPSA) is 60.5 Å². The van der Waals surface area contributed by atoms with Crippen LogP contribution in [-0.2, 0) is 16.1 Å². The van der Waals surface area contributed by atoms with E-state index in [1.165, 1.54) is 19.4 Å². The van der Waals surface area contributed by atoms with Crippen LogP contribution in [0.15, 0.2) is 12.3 Å². The highest BCUT2D eigenvalue weighted by Crippen LogP contribution is 2.40. The van der Waals surface area contributed by atoms with Crippen LogP contribution in [0.4, 0.5) is 13.2 Å². The second kappa shape index (κ2) is 6.37. The predicted octanol–water partition coefficient (Wildman–Crippen LogP) is 1.59. The summed E-state index contributed by atoms with van der Waals surface area (Å²) in [4.78, 5) is 14.1. The third-order valence-electron chi connectivity index (χ3n) is 2.38. The number of alkyl halides is 3. The second-order valence-corrected chi connectivity index (χ2v) is 3.54. The zero-order chi connectivity index (χ0) is 14.5. The van der Waals surface area contributed by atoms with Gasteiger partial charge in [0.2, 0.25) is 6.41 Å². The maximum Gasteiger partial charge on any atom is 0.418 e. The molecule has 0 aliphatic heterocycles. The number of pyridine rings is 1. The molecule has 1 atom stereocenters. The van der Waals surface area contributed by atoms with Gasteiger partial charge >= 0.3 is 6.18 Å². The molecule has 0 aliphatic rings. The van der Waals surface area contributed by atoms with E-state index < -0.39 is 12.3 Å². The van der Waals surface area contributed by atoms with Gasteiger partial charge in [0.05, 0.1) is 13.7 Å². The molecule has 8 heteroatoms. The van der Waals surface area contributed by atoms with E-state index in [-0.39, 0.29) is 23.6 Å². The van der Waals surface area contributed by atoms with Crippen molar-refractivity contribution >= 4 is 6.41 Å². The van der Waals surface area contributed by atoms with E-state index in [2.05, 4.69) is 15.0 Å². The van der Waals surface area contributed by atoms with Crippen LogP contribution in [0, 0.1) is 0 Å². The quantitative estimate of drug-likeness (QED) is 0.803. The van der Waals surface area contributed by atoms with E-state index in [1.54, 1.807) is 0 Å². The molecule has 1 heterocycles. The molecule has 19 heavy (non-hydrogen) atoms. The van der Waals surface area contributed by atoms with Crippen LogP contribution in [0.25, 0.3) is 0 Å². The highest BCUT2D eigenvalue weighted by atomic mass is 19.4. The van der Waals surface area contributed by atoms with Crippen LogP contribution < -0.4 is 10.1 Å². The molecule has 1 amide bonds. The first-order valence-electron chi connectivity index (χ1n) is 5.24. The molecular weight excluding hydrogens is 265 g/mol. The van der Waals surface area contributed by atoms with Gasteiger partial charge in [0.1, 0.15) is 11.4 Å². The third-order valence-corrected chi connectivity index (χ3v) is 2.38. The van der Waals surface area contributed by atoms with Crippen molar-refractivity contribution in [2.24, 2.45) is 0 Å². The summed E-state index contributed by atoms with van der Waals surface area (Å²) < 4.78 is 47.9. The van der Waals surface area contributed by atoms with E-state index in [0.717, 1.165) is 7.11 Å². The number of rotatable bonds is 6. The minimum absolute atomic E-state index is 0.0329. The summed E-state index contributed by atoms with van der Waals surface area (Å²) in [5, 5.41) is 2.32. The molecule has 0 aromatic carbocycles. The van der Waals surface area contributed by atoms with Crippen molar-refractivity contribution in [2.45, 2.75) is 18.8 Å². The molecule has 1 rings (SSSR count). The molecule has 0 bridgehead atoms. The lowest BCUT2D eigenvalue weighted by atomic mass is 10.1. The summed E-state index contributed by atoms with van der Waals surface area (Å²) in [5.41, 5.74) is 0.00796. The van der Waals surface area contributed by atoms with Crippen LogP contribution in [0.3, 0.4) is 0 Å². The Hall–Kier alpha value is -1.83. The van der Waals surface area contributed by atoms with Crippen molar-refractivity contribution in [1.29, 1.82) is 0 Å². The molecule has 1 unspecified atom stereocenters. The molecule has 0 spiro atoms. The maximum atomic E-state index is 12.8. The number of halogens is 3. The lowest BCUT2D eigenvalue weighted by Crippen LogP contribution is -2.24. The predicted molar refractivity (Wildman–Crippen MR) is 59.5 cm³/mol. The molecular formula is C11H13F3N2O3. The van der Waals surface area contributed by atoms with Crippen molar-refractivity contribution < 1.29 is 27.4 Å². The number of nitrogens with zero attached hydrogens (tertiary/aromatic N) is 1. The molecule has 106 valence electrons. The van der Waals surface area contributed by atoms with Crippen molar-refractivity contribution in [3.05, 3.63) is 23.5 Å². The number of ether oxygens (including phenoxy) is 2. The molecule has 1 aromatic rings. The number of hydrogen-bond donors (Lipinski definition) is 1. The standard InChI is InChI=1S/C11H13F3N2O3/c1-18-9-7(10(19-2)11(12,13)14)3-4-16-8(9)5-15-6-17/h3-4,6,10H,5H2,1-2H3,(H,15,17). The fourth-order valence-corrected chi connectivity index (χ4v) is 1.65. The van der Waals surface area contributed by atoms with Gasteiger partial charge in [-0.2, -0.15) is 13.2 Å². The zero-order valence-corrected chi connectivity index (χ0v) is 10.3. The number of amides is 1. The minimum Gasteiger partial charge on any atom is -0.494 e. The highest BCUT2D eigenvalue weighted by molar-refractivity contribution is 5.47. The zero-order valence-electron chi connectivity index (χ0n) is 10.3. The summed E-state index contributed by atoms with van der Waals surface area (Å²) in [6.45, 7) is -0.0329. The van der Waals surface area contributed by atoms with E-state index in [0.29, 0.717) is 6.41 Å². The lowest BCUT2D eigenvalue weighted by molar-refractivity contribution is -0.216. The first-order valence-corrected chi connectivity index (χ1v) is 5.24. The Morgan fingerprint density at radius 2 is 2.16 bits per heavy atom. The summed E-state index contributed by atoms with van der Waals surface area (Å²) in [7, 11) is 2.19. The van der Waals surface area contributed by atoms with Gasteiger partial charge in [-0.15, -0.1) is 0 Å². The Morgan fingerprint density at radius 1 is 1.47 bits per heavy atom. The summed E-state index contributed by atoms with van der Waals surface area (Å²) in [6.07, 6.45) is -5.05. The largest absolute Gasteiger partial charge is 0.494 e. The molecule has 0 fully saturated rings. The smallest absolute Gasteiger partial charge is 0.418 e. The van der Waals surface area contributed by atoms with Crippen LogP contribution in [0.5, 0.6) is 5.75 Å². The number of carbonyl (C=O) groups excluding carboxylic acids is 1. The SMILES string of the molecule is COc1c(C(OC)C(F)(F)F)ccnc1CNC=O. The number of nitrogens with one attached hydrogen (secondary N) is 1. The Labute approximate surface area is 107 Å². The monoisotopic (exact) mass is 278 g/mol. The van der Waals surface area contributed by atoms with E-state index >= 15 is 0 Å². The van der Waals surface area contributed by atoms with E-state index in [4.69, 9.17) is 4.74 Å². The van der Waals surface area contributed by atoms with Gasteiger partial charge in [-0.25, -0.2) is 0 Å². The van der Waals surface area contributed by atoms with E-state index in [1.807, 2.05) is 0 Å². The van der Waals surface area contributed by atoms with E-state index in [9.17, 15) is 18.0 Å². The summed E-state index contributed by atoms with van der Waals surface area (Å²) in [5.74, 6) is -0.0546. The van der Waals surface area contributed by atoms with Gasteiger partial charge in [0, 0.05) is 18.9 Å². The highest BCUT2D eigenvalue weighted by Gasteiger charge is 2.43. The summed E-state index contributed by atoms with van der Waals surface area (Å²) >= 11 is 0. The average Bonchev–Trinajstić information content (AvgIpc) is 2.35. The molecule has 0 aliphatic carbocycles. The first-order chi connectivity index (χ1) is 8.95. The van der Waals surface area contributed by atoms with Crippen molar-refractivity contribution in [1.82, 2.24) is 10.3 Å². The molecule has 1 aromatic heterocycles. The molecule has 0 saturated heterocycles.